The fraction of sp³-hybridized carbons (Fsp3) is 0.345. The number of methoxy groups -OCH3 is 1. The van der Waals surface area contributed by atoms with Gasteiger partial charge in [0.15, 0.2) is 5.69 Å². The summed E-state index contributed by atoms with van der Waals surface area (Å²) in [5.74, 6) is 1.68. The van der Waals surface area contributed by atoms with Gasteiger partial charge in [-0.25, -0.2) is 9.31 Å². The second-order valence-corrected chi connectivity index (χ2v) is 10.6. The van der Waals surface area contributed by atoms with Crippen LogP contribution in [0.5, 0.6) is 17.2 Å². The Labute approximate surface area is 226 Å². The quantitative estimate of drug-likeness (QED) is 0.346. The average molecular weight is 532 g/mol. The lowest BCUT2D eigenvalue weighted by Gasteiger charge is -2.33. The third-order valence-corrected chi connectivity index (χ3v) is 6.75. The number of hydrogen-bond donors (Lipinski definition) is 2. The van der Waals surface area contributed by atoms with E-state index in [4.69, 9.17) is 19.9 Å². The number of fused-ring (bicyclic) bond motifs is 1. The van der Waals surface area contributed by atoms with Crippen LogP contribution >= 0.6 is 0 Å². The number of likely N-dealkylation sites (tertiary alicyclic amines) is 1. The molecule has 10 heteroatoms. The molecule has 3 heterocycles. The van der Waals surface area contributed by atoms with Crippen molar-refractivity contribution in [3.63, 3.8) is 0 Å². The van der Waals surface area contributed by atoms with Gasteiger partial charge < -0.3 is 29.8 Å². The lowest BCUT2D eigenvalue weighted by molar-refractivity contribution is 0.0205. The highest BCUT2D eigenvalue weighted by atomic mass is 16.6. The number of piperidine rings is 1. The molecule has 1 aliphatic heterocycles. The maximum atomic E-state index is 12.5. The normalized spacial score (nSPS) is 14.4. The van der Waals surface area contributed by atoms with E-state index < -0.39 is 11.5 Å². The molecule has 10 nitrogen and oxygen atoms in total. The predicted octanol–water partition coefficient (Wildman–Crippen LogP) is 5.34. The third kappa shape index (κ3) is 5.55. The summed E-state index contributed by atoms with van der Waals surface area (Å²) in [7, 11) is 1.62. The Morgan fingerprint density at radius 1 is 0.974 bits per heavy atom. The number of benzene rings is 2. The number of ether oxygens (including phenoxy) is 3. The molecule has 1 saturated heterocycles. The maximum Gasteiger partial charge on any atom is 0.410 e. The Bertz CT molecular complexity index is 1470. The Morgan fingerprint density at radius 2 is 1.56 bits per heavy atom. The highest BCUT2D eigenvalue weighted by molar-refractivity contribution is 5.98. The molecule has 0 bridgehead atoms. The van der Waals surface area contributed by atoms with Crippen LogP contribution in [-0.2, 0) is 4.74 Å². The van der Waals surface area contributed by atoms with Crippen molar-refractivity contribution in [3.8, 4) is 28.5 Å². The first-order chi connectivity index (χ1) is 18.6. The summed E-state index contributed by atoms with van der Waals surface area (Å²) >= 11 is 0. The van der Waals surface area contributed by atoms with Crippen LogP contribution in [0.15, 0.2) is 54.7 Å². The van der Waals surface area contributed by atoms with Crippen LogP contribution < -0.4 is 15.2 Å². The summed E-state index contributed by atoms with van der Waals surface area (Å²) in [6.45, 7) is 6.76. The van der Waals surface area contributed by atoms with E-state index in [0.29, 0.717) is 30.3 Å². The van der Waals surface area contributed by atoms with Gasteiger partial charge in [0.2, 0.25) is 0 Å². The molecule has 0 unspecified atom stereocenters. The summed E-state index contributed by atoms with van der Waals surface area (Å²) in [5.41, 5.74) is 8.64. The largest absolute Gasteiger partial charge is 0.497 e. The molecule has 1 aliphatic rings. The molecule has 0 saturated carbocycles. The van der Waals surface area contributed by atoms with Crippen molar-refractivity contribution in [2.45, 2.75) is 45.1 Å². The van der Waals surface area contributed by atoms with Crippen molar-refractivity contribution >= 4 is 17.6 Å². The minimum absolute atomic E-state index is 0.175. The van der Waals surface area contributed by atoms with E-state index in [1.807, 2.05) is 69.3 Å². The number of H-pyrrole nitrogens is 1. The van der Waals surface area contributed by atoms with Gasteiger partial charge in [0.1, 0.15) is 28.5 Å². The second-order valence-electron chi connectivity index (χ2n) is 10.6. The first-order valence-corrected chi connectivity index (χ1v) is 12.9. The SMILES string of the molecule is COc1ccc(Oc2ccc(-c3[nH]c4c(C5CCN(C(=O)OC(C)(C)C)CC5)cnn4c3C(N)=O)cc2)cc1. The molecule has 1 fully saturated rings. The molecule has 5 rings (SSSR count). The van der Waals surface area contributed by atoms with Crippen molar-refractivity contribution in [1.82, 2.24) is 19.5 Å². The zero-order valence-corrected chi connectivity index (χ0v) is 22.6. The Morgan fingerprint density at radius 3 is 2.13 bits per heavy atom. The summed E-state index contributed by atoms with van der Waals surface area (Å²) in [6, 6.07) is 14.7. The number of carbonyl (C=O) groups is 2. The van der Waals surface area contributed by atoms with E-state index in [1.165, 1.54) is 0 Å². The molecule has 3 N–H and O–H groups in total. The molecule has 39 heavy (non-hydrogen) atoms. The molecule has 204 valence electrons. The van der Waals surface area contributed by atoms with E-state index in [1.54, 1.807) is 22.7 Å². The molecule has 2 aromatic carbocycles. The maximum absolute atomic E-state index is 12.5. The Kier molecular flexibility index (Phi) is 6.94. The second kappa shape index (κ2) is 10.4. The number of rotatable bonds is 6. The molecule has 2 aromatic heterocycles. The number of nitrogens with one attached hydrogen (secondary N) is 1. The van der Waals surface area contributed by atoms with Crippen LogP contribution in [0, 0.1) is 0 Å². The van der Waals surface area contributed by atoms with Gasteiger partial charge in [-0.3, -0.25) is 4.79 Å². The molecule has 4 aromatic rings. The van der Waals surface area contributed by atoms with Crippen LogP contribution in [0.4, 0.5) is 4.79 Å². The monoisotopic (exact) mass is 531 g/mol. The van der Waals surface area contributed by atoms with Crippen molar-refractivity contribution in [3.05, 3.63) is 66.0 Å². The molecule has 0 spiro atoms. The number of hydrogen-bond acceptors (Lipinski definition) is 6. The molecular weight excluding hydrogens is 498 g/mol. The molecule has 0 atom stereocenters. The van der Waals surface area contributed by atoms with Gasteiger partial charge >= 0.3 is 6.09 Å². The van der Waals surface area contributed by atoms with E-state index >= 15 is 0 Å². The zero-order chi connectivity index (χ0) is 27.7. The lowest BCUT2D eigenvalue weighted by Crippen LogP contribution is -2.41. The standard InChI is InChI=1S/C29H33N5O5/c1-29(2,3)39-28(36)33-15-13-18(14-16-33)23-17-31-34-25(26(30)35)24(32-27(23)34)19-5-7-21(8-6-19)38-22-11-9-20(37-4)10-12-22/h5-12,17-18,32H,13-16H2,1-4H3,(H2,30,35). The fourth-order valence-corrected chi connectivity index (χ4v) is 4.84. The molecule has 0 aliphatic carbocycles. The van der Waals surface area contributed by atoms with Gasteiger partial charge in [0.05, 0.1) is 19.0 Å². The third-order valence-electron chi connectivity index (χ3n) is 6.75. The first-order valence-electron chi connectivity index (χ1n) is 12.9. The Balaban J connectivity index is 1.35. The first kappa shape index (κ1) is 26.1. The van der Waals surface area contributed by atoms with Crippen molar-refractivity contribution in [2.24, 2.45) is 5.73 Å². The van der Waals surface area contributed by atoms with Gasteiger partial charge in [-0.15, -0.1) is 0 Å². The van der Waals surface area contributed by atoms with Gasteiger partial charge in [0.25, 0.3) is 5.91 Å². The van der Waals surface area contributed by atoms with E-state index in [0.717, 1.165) is 35.4 Å². The minimum Gasteiger partial charge on any atom is -0.497 e. The number of aromatic amines is 1. The van der Waals surface area contributed by atoms with Gasteiger partial charge in [-0.05, 0) is 88.1 Å². The minimum atomic E-state index is -0.579. The van der Waals surface area contributed by atoms with E-state index in [9.17, 15) is 9.59 Å². The predicted molar refractivity (Wildman–Crippen MR) is 146 cm³/mol. The number of carbonyl (C=O) groups excluding carboxylic acids is 2. The smallest absolute Gasteiger partial charge is 0.410 e. The summed E-state index contributed by atoms with van der Waals surface area (Å²) in [5, 5.41) is 4.50. The fourth-order valence-electron chi connectivity index (χ4n) is 4.84. The van der Waals surface area contributed by atoms with E-state index in [2.05, 4.69) is 10.1 Å². The van der Waals surface area contributed by atoms with Gasteiger partial charge in [-0.2, -0.15) is 5.10 Å². The average Bonchev–Trinajstić information content (AvgIpc) is 3.48. The van der Waals surface area contributed by atoms with Crippen LogP contribution in [0.25, 0.3) is 16.9 Å². The van der Waals surface area contributed by atoms with Crippen molar-refractivity contribution in [2.75, 3.05) is 20.2 Å². The number of nitrogens with zero attached hydrogens (tertiary/aromatic N) is 3. The molecule has 2 amide bonds. The van der Waals surface area contributed by atoms with Gasteiger partial charge in [0, 0.05) is 24.2 Å². The number of nitrogens with two attached hydrogens (primary N) is 1. The highest BCUT2D eigenvalue weighted by Gasteiger charge is 2.30. The zero-order valence-electron chi connectivity index (χ0n) is 22.6. The Hall–Kier alpha value is -4.47. The van der Waals surface area contributed by atoms with E-state index in [-0.39, 0.29) is 17.7 Å². The van der Waals surface area contributed by atoms with Crippen molar-refractivity contribution in [1.29, 1.82) is 0 Å². The summed E-state index contributed by atoms with van der Waals surface area (Å²) in [4.78, 5) is 30.1. The molecular formula is C29H33N5O5. The number of primary amides is 1. The van der Waals surface area contributed by atoms with Crippen LogP contribution in [0.1, 0.15) is 55.6 Å². The van der Waals surface area contributed by atoms with Crippen LogP contribution in [0.2, 0.25) is 0 Å². The number of aromatic nitrogens is 3. The number of imidazole rings is 1. The number of amides is 2. The summed E-state index contributed by atoms with van der Waals surface area (Å²) in [6.07, 6.45) is 3.01. The highest BCUT2D eigenvalue weighted by Crippen LogP contribution is 2.34. The van der Waals surface area contributed by atoms with Crippen LogP contribution in [-0.4, -0.2) is 57.3 Å². The lowest BCUT2D eigenvalue weighted by atomic mass is 9.91. The van der Waals surface area contributed by atoms with Crippen LogP contribution in [0.3, 0.4) is 0 Å². The van der Waals surface area contributed by atoms with Crippen molar-refractivity contribution < 1.29 is 23.8 Å². The van der Waals surface area contributed by atoms with Gasteiger partial charge in [-0.1, -0.05) is 0 Å². The summed E-state index contributed by atoms with van der Waals surface area (Å²) < 4.78 is 18.2. The topological polar surface area (TPSA) is 124 Å². The molecule has 0 radical (unpaired) electrons.